The molecule has 0 saturated carbocycles. The maximum absolute atomic E-state index is 9.76. The van der Waals surface area contributed by atoms with E-state index in [1.165, 1.54) is 0 Å². The van der Waals surface area contributed by atoms with Gasteiger partial charge >= 0.3 is 0 Å². The number of hydrogen-bond acceptors (Lipinski definition) is 4. The third kappa shape index (κ3) is 4.77. The maximum atomic E-state index is 9.76. The van der Waals surface area contributed by atoms with Crippen LogP contribution in [0.1, 0.15) is 12.5 Å². The van der Waals surface area contributed by atoms with Crippen LogP contribution in [0, 0.1) is 0 Å². The minimum Gasteiger partial charge on any atom is -0.507 e. The summed E-state index contributed by atoms with van der Waals surface area (Å²) in [5, 5.41) is 13.0. The van der Waals surface area contributed by atoms with Crippen LogP contribution in [-0.4, -0.2) is 31.5 Å². The molecule has 4 heteroatoms. The molecule has 1 unspecified atom stereocenters. The zero-order valence-corrected chi connectivity index (χ0v) is 11.0. The number of nitrogens with one attached hydrogen (secondary N) is 1. The summed E-state index contributed by atoms with van der Waals surface area (Å²) in [6, 6.07) is 5.28. The average Bonchev–Trinajstić information content (AvgIpc) is 2.38. The number of rotatable bonds is 8. The lowest BCUT2D eigenvalue weighted by molar-refractivity contribution is 0.0877. The Morgan fingerprint density at radius 1 is 1.50 bits per heavy atom. The molecule has 0 saturated heterocycles. The van der Waals surface area contributed by atoms with Gasteiger partial charge in [-0.25, -0.2) is 0 Å². The Balaban J connectivity index is 2.37. The standard InChI is InChI=1S/C14H21NO3/c1-4-7-18-11(2)9-15-10-12-5-6-13(17-3)8-14(12)16/h4-6,8,11,15-16H,1,7,9-10H2,2-3H3. The first-order valence-corrected chi connectivity index (χ1v) is 5.96. The fraction of sp³-hybridized carbons (Fsp3) is 0.429. The molecule has 0 heterocycles. The van der Waals surface area contributed by atoms with Gasteiger partial charge < -0.3 is 19.9 Å². The Bertz CT molecular complexity index is 379. The normalized spacial score (nSPS) is 12.1. The third-order valence-electron chi connectivity index (χ3n) is 2.54. The van der Waals surface area contributed by atoms with Crippen LogP contribution in [0.2, 0.25) is 0 Å². The third-order valence-corrected chi connectivity index (χ3v) is 2.54. The van der Waals surface area contributed by atoms with Crippen LogP contribution in [0.5, 0.6) is 11.5 Å². The Hall–Kier alpha value is -1.52. The summed E-state index contributed by atoms with van der Waals surface area (Å²) in [4.78, 5) is 0. The van der Waals surface area contributed by atoms with Crippen LogP contribution < -0.4 is 10.1 Å². The highest BCUT2D eigenvalue weighted by Gasteiger charge is 2.04. The molecule has 0 aliphatic carbocycles. The van der Waals surface area contributed by atoms with E-state index in [1.807, 2.05) is 19.1 Å². The maximum Gasteiger partial charge on any atom is 0.123 e. The number of methoxy groups -OCH3 is 1. The second-order valence-corrected chi connectivity index (χ2v) is 4.06. The van der Waals surface area contributed by atoms with E-state index in [4.69, 9.17) is 9.47 Å². The van der Waals surface area contributed by atoms with E-state index in [0.717, 1.165) is 12.1 Å². The summed E-state index contributed by atoms with van der Waals surface area (Å²) in [6.45, 7) is 7.46. The number of benzene rings is 1. The number of phenols is 1. The van der Waals surface area contributed by atoms with Gasteiger partial charge in [0.05, 0.1) is 19.8 Å². The molecule has 0 aliphatic rings. The van der Waals surface area contributed by atoms with Crippen molar-refractivity contribution in [1.82, 2.24) is 5.32 Å². The van der Waals surface area contributed by atoms with E-state index in [9.17, 15) is 5.11 Å². The van der Waals surface area contributed by atoms with Gasteiger partial charge in [-0.2, -0.15) is 0 Å². The largest absolute Gasteiger partial charge is 0.507 e. The van der Waals surface area contributed by atoms with Gasteiger partial charge in [0.2, 0.25) is 0 Å². The van der Waals surface area contributed by atoms with E-state index in [-0.39, 0.29) is 11.9 Å². The minimum atomic E-state index is 0.114. The fourth-order valence-corrected chi connectivity index (χ4v) is 1.52. The first kappa shape index (κ1) is 14.5. The predicted octanol–water partition coefficient (Wildman–Crippen LogP) is 2.08. The number of phenolic OH excluding ortho intramolecular Hbond substituents is 1. The molecule has 1 aromatic carbocycles. The quantitative estimate of drug-likeness (QED) is 0.695. The lowest BCUT2D eigenvalue weighted by Crippen LogP contribution is -2.26. The second-order valence-electron chi connectivity index (χ2n) is 4.06. The molecule has 0 fully saturated rings. The average molecular weight is 251 g/mol. The van der Waals surface area contributed by atoms with Crippen molar-refractivity contribution in [2.75, 3.05) is 20.3 Å². The van der Waals surface area contributed by atoms with Crippen molar-refractivity contribution in [2.45, 2.75) is 19.6 Å². The van der Waals surface area contributed by atoms with E-state index >= 15 is 0 Å². The summed E-state index contributed by atoms with van der Waals surface area (Å²) >= 11 is 0. The lowest BCUT2D eigenvalue weighted by atomic mass is 10.2. The fourth-order valence-electron chi connectivity index (χ4n) is 1.52. The van der Waals surface area contributed by atoms with Crippen molar-refractivity contribution in [3.63, 3.8) is 0 Å². The van der Waals surface area contributed by atoms with E-state index in [2.05, 4.69) is 11.9 Å². The summed E-state index contributed by atoms with van der Waals surface area (Å²) in [7, 11) is 1.57. The first-order valence-electron chi connectivity index (χ1n) is 5.96. The Kier molecular flexibility index (Phi) is 6.25. The van der Waals surface area contributed by atoms with Crippen molar-refractivity contribution in [1.29, 1.82) is 0 Å². The van der Waals surface area contributed by atoms with Crippen LogP contribution in [0.4, 0.5) is 0 Å². The molecule has 0 bridgehead atoms. The summed E-state index contributed by atoms with van der Waals surface area (Å²) in [5.74, 6) is 0.889. The minimum absolute atomic E-state index is 0.114. The predicted molar refractivity (Wildman–Crippen MR) is 72.0 cm³/mol. The summed E-state index contributed by atoms with van der Waals surface area (Å²) in [5.41, 5.74) is 0.840. The smallest absolute Gasteiger partial charge is 0.123 e. The highest BCUT2D eigenvalue weighted by Crippen LogP contribution is 2.22. The Labute approximate surface area is 108 Å². The molecule has 0 aromatic heterocycles. The molecule has 0 aliphatic heterocycles. The number of aromatic hydroxyl groups is 1. The topological polar surface area (TPSA) is 50.7 Å². The van der Waals surface area contributed by atoms with Gasteiger partial charge in [-0.1, -0.05) is 12.1 Å². The van der Waals surface area contributed by atoms with Gasteiger partial charge in [0.25, 0.3) is 0 Å². The van der Waals surface area contributed by atoms with E-state index in [1.54, 1.807) is 19.3 Å². The lowest BCUT2D eigenvalue weighted by Gasteiger charge is -2.13. The van der Waals surface area contributed by atoms with Crippen molar-refractivity contribution in [3.8, 4) is 11.5 Å². The molecular weight excluding hydrogens is 230 g/mol. The van der Waals surface area contributed by atoms with Crippen LogP contribution in [0.3, 0.4) is 0 Å². The zero-order valence-electron chi connectivity index (χ0n) is 11.0. The van der Waals surface area contributed by atoms with E-state index in [0.29, 0.717) is 18.9 Å². The highest BCUT2D eigenvalue weighted by molar-refractivity contribution is 5.39. The first-order chi connectivity index (χ1) is 8.67. The van der Waals surface area contributed by atoms with E-state index < -0.39 is 0 Å². The Morgan fingerprint density at radius 2 is 2.28 bits per heavy atom. The van der Waals surface area contributed by atoms with Crippen LogP contribution in [-0.2, 0) is 11.3 Å². The van der Waals surface area contributed by atoms with Gasteiger partial charge in [-0.15, -0.1) is 6.58 Å². The SMILES string of the molecule is C=CCOC(C)CNCc1ccc(OC)cc1O. The zero-order chi connectivity index (χ0) is 13.4. The summed E-state index contributed by atoms with van der Waals surface area (Å²) in [6.07, 6.45) is 1.84. The van der Waals surface area contributed by atoms with Crippen molar-refractivity contribution >= 4 is 0 Å². The van der Waals surface area contributed by atoms with Crippen LogP contribution in [0.25, 0.3) is 0 Å². The molecule has 1 rings (SSSR count). The molecule has 18 heavy (non-hydrogen) atoms. The monoisotopic (exact) mass is 251 g/mol. The molecule has 1 atom stereocenters. The molecule has 1 aromatic rings. The molecule has 100 valence electrons. The van der Waals surface area contributed by atoms with Crippen LogP contribution >= 0.6 is 0 Å². The highest BCUT2D eigenvalue weighted by atomic mass is 16.5. The molecule has 4 nitrogen and oxygen atoms in total. The number of hydrogen-bond donors (Lipinski definition) is 2. The van der Waals surface area contributed by atoms with Crippen LogP contribution in [0.15, 0.2) is 30.9 Å². The van der Waals surface area contributed by atoms with Gasteiger partial charge in [-0.05, 0) is 13.0 Å². The Morgan fingerprint density at radius 3 is 2.89 bits per heavy atom. The van der Waals surface area contributed by atoms with Crippen molar-refractivity contribution < 1.29 is 14.6 Å². The van der Waals surface area contributed by atoms with Gasteiger partial charge in [0.15, 0.2) is 0 Å². The van der Waals surface area contributed by atoms with Crippen molar-refractivity contribution in [3.05, 3.63) is 36.4 Å². The summed E-state index contributed by atoms with van der Waals surface area (Å²) < 4.78 is 10.5. The van der Waals surface area contributed by atoms with Gasteiger partial charge in [-0.3, -0.25) is 0 Å². The van der Waals surface area contributed by atoms with Gasteiger partial charge in [0.1, 0.15) is 11.5 Å². The molecule has 0 radical (unpaired) electrons. The molecule has 0 spiro atoms. The second kappa shape index (κ2) is 7.74. The molecule has 2 N–H and O–H groups in total. The molecular formula is C14H21NO3. The van der Waals surface area contributed by atoms with Gasteiger partial charge in [0, 0.05) is 24.7 Å². The molecule has 0 amide bonds. The number of ether oxygens (including phenoxy) is 2. The van der Waals surface area contributed by atoms with Crippen molar-refractivity contribution in [2.24, 2.45) is 0 Å².